The van der Waals surface area contributed by atoms with Gasteiger partial charge in [-0.2, -0.15) is 0 Å². The fraction of sp³-hybridized carbons (Fsp3) is 0.167. The normalized spacial score (nSPS) is 10.9. The Morgan fingerprint density at radius 3 is 2.42 bits per heavy atom. The van der Waals surface area contributed by atoms with E-state index in [2.05, 4.69) is 16.6 Å². The zero-order chi connectivity index (χ0) is 17.7. The molecule has 0 aromatic heterocycles. The van der Waals surface area contributed by atoms with Gasteiger partial charge in [0.25, 0.3) is 15.9 Å². The summed E-state index contributed by atoms with van der Waals surface area (Å²) in [6.07, 6.45) is 1.56. The Morgan fingerprint density at radius 2 is 1.79 bits per heavy atom. The molecule has 0 spiro atoms. The molecular formula is C18H20N2O3S. The minimum Gasteiger partial charge on any atom is -0.349 e. The molecule has 2 aromatic rings. The van der Waals surface area contributed by atoms with Crippen molar-refractivity contribution in [3.05, 3.63) is 71.8 Å². The zero-order valence-electron chi connectivity index (χ0n) is 13.7. The summed E-state index contributed by atoms with van der Waals surface area (Å²) in [7, 11) is -3.78. The van der Waals surface area contributed by atoms with Gasteiger partial charge in [-0.3, -0.25) is 9.52 Å². The Bertz CT molecular complexity index is 856. The molecule has 5 nitrogen and oxygen atoms in total. The van der Waals surface area contributed by atoms with Gasteiger partial charge in [0.15, 0.2) is 0 Å². The van der Waals surface area contributed by atoms with Crippen molar-refractivity contribution in [1.29, 1.82) is 0 Å². The summed E-state index contributed by atoms with van der Waals surface area (Å²) in [6.45, 7) is 7.46. The van der Waals surface area contributed by atoms with Gasteiger partial charge >= 0.3 is 0 Å². The van der Waals surface area contributed by atoms with Gasteiger partial charge in [-0.25, -0.2) is 8.42 Å². The molecule has 24 heavy (non-hydrogen) atoms. The van der Waals surface area contributed by atoms with Gasteiger partial charge in [0.05, 0.1) is 4.90 Å². The van der Waals surface area contributed by atoms with E-state index in [-0.39, 0.29) is 16.4 Å². The molecule has 2 N–H and O–H groups in total. The van der Waals surface area contributed by atoms with Crippen LogP contribution in [0.15, 0.2) is 60.0 Å². The molecule has 0 bridgehead atoms. The van der Waals surface area contributed by atoms with Crippen molar-refractivity contribution in [2.75, 3.05) is 11.3 Å². The van der Waals surface area contributed by atoms with Crippen molar-refractivity contribution in [2.45, 2.75) is 18.7 Å². The Kier molecular flexibility index (Phi) is 5.41. The van der Waals surface area contributed by atoms with Gasteiger partial charge < -0.3 is 5.32 Å². The molecular weight excluding hydrogens is 324 g/mol. The molecule has 0 saturated carbocycles. The largest absolute Gasteiger partial charge is 0.349 e. The zero-order valence-corrected chi connectivity index (χ0v) is 14.5. The van der Waals surface area contributed by atoms with Crippen LogP contribution in [0.2, 0.25) is 0 Å². The third kappa shape index (κ3) is 4.23. The smallest absolute Gasteiger partial charge is 0.262 e. The van der Waals surface area contributed by atoms with Crippen molar-refractivity contribution < 1.29 is 13.2 Å². The summed E-state index contributed by atoms with van der Waals surface area (Å²) in [5.74, 6) is -0.346. The van der Waals surface area contributed by atoms with E-state index < -0.39 is 10.0 Å². The number of rotatable bonds is 6. The minimum atomic E-state index is -3.78. The van der Waals surface area contributed by atoms with Crippen molar-refractivity contribution >= 4 is 21.6 Å². The van der Waals surface area contributed by atoms with Gasteiger partial charge in [0.2, 0.25) is 0 Å². The summed E-state index contributed by atoms with van der Waals surface area (Å²) in [5.41, 5.74) is 2.36. The summed E-state index contributed by atoms with van der Waals surface area (Å²) in [6, 6.07) is 11.6. The fourth-order valence-electron chi connectivity index (χ4n) is 2.13. The van der Waals surface area contributed by atoms with Crippen molar-refractivity contribution in [3.63, 3.8) is 0 Å². The number of sulfonamides is 1. The summed E-state index contributed by atoms with van der Waals surface area (Å²) >= 11 is 0. The van der Waals surface area contributed by atoms with Gasteiger partial charge in [-0.1, -0.05) is 29.8 Å². The molecule has 0 unspecified atom stereocenters. The molecule has 0 heterocycles. The van der Waals surface area contributed by atoms with E-state index >= 15 is 0 Å². The molecule has 0 aliphatic rings. The summed E-state index contributed by atoms with van der Waals surface area (Å²) in [5, 5.41) is 2.63. The molecule has 1 amide bonds. The number of benzene rings is 2. The minimum absolute atomic E-state index is 0.0781. The van der Waals surface area contributed by atoms with Crippen LogP contribution in [0.4, 0.5) is 5.69 Å². The van der Waals surface area contributed by atoms with E-state index in [0.717, 1.165) is 5.56 Å². The lowest BCUT2D eigenvalue weighted by molar-refractivity contribution is 0.0958. The molecule has 0 radical (unpaired) electrons. The van der Waals surface area contributed by atoms with Gasteiger partial charge in [-0.05, 0) is 43.7 Å². The second-order valence-corrected chi connectivity index (χ2v) is 7.10. The van der Waals surface area contributed by atoms with E-state index in [1.165, 1.54) is 6.07 Å². The molecule has 126 valence electrons. The van der Waals surface area contributed by atoms with Gasteiger partial charge in [-0.15, -0.1) is 6.58 Å². The maximum Gasteiger partial charge on any atom is 0.262 e. The number of carbonyl (C=O) groups is 1. The van der Waals surface area contributed by atoms with Crippen LogP contribution >= 0.6 is 0 Å². The first-order valence-electron chi connectivity index (χ1n) is 7.43. The number of amides is 1. The Morgan fingerprint density at radius 1 is 1.12 bits per heavy atom. The van der Waals surface area contributed by atoms with Crippen LogP contribution in [0.3, 0.4) is 0 Å². The van der Waals surface area contributed by atoms with E-state index in [9.17, 15) is 13.2 Å². The number of aryl methyl sites for hydroxylation is 2. The van der Waals surface area contributed by atoms with Crippen LogP contribution in [0.5, 0.6) is 0 Å². The van der Waals surface area contributed by atoms with Gasteiger partial charge in [0.1, 0.15) is 0 Å². The van der Waals surface area contributed by atoms with E-state index in [1.807, 2.05) is 19.1 Å². The summed E-state index contributed by atoms with van der Waals surface area (Å²) in [4.78, 5) is 12.1. The third-order valence-corrected chi connectivity index (χ3v) is 4.97. The molecule has 2 rings (SSSR count). The number of nitrogens with one attached hydrogen (secondary N) is 2. The number of hydrogen-bond donors (Lipinski definition) is 2. The average Bonchev–Trinajstić information content (AvgIpc) is 2.54. The molecule has 2 aromatic carbocycles. The Balaban J connectivity index is 2.33. The van der Waals surface area contributed by atoms with Crippen LogP contribution in [0, 0.1) is 13.8 Å². The van der Waals surface area contributed by atoms with Crippen molar-refractivity contribution in [3.8, 4) is 0 Å². The number of anilines is 1. The standard InChI is InChI=1S/C18H20N2O3S/c1-4-11-19-18(21)15-8-7-14(3)17(12-15)24(22,23)20-16-9-5-13(2)6-10-16/h4-10,12,20H,1,11H2,2-3H3,(H,19,21). The molecule has 0 saturated heterocycles. The number of carbonyl (C=O) groups excluding carboxylic acids is 1. The molecule has 0 aliphatic carbocycles. The van der Waals surface area contributed by atoms with Crippen molar-refractivity contribution in [1.82, 2.24) is 5.32 Å². The lowest BCUT2D eigenvalue weighted by atomic mass is 10.1. The van der Waals surface area contributed by atoms with E-state index in [1.54, 1.807) is 37.3 Å². The second-order valence-electron chi connectivity index (χ2n) is 5.45. The molecule has 0 fully saturated rings. The van der Waals surface area contributed by atoms with Crippen LogP contribution in [-0.2, 0) is 10.0 Å². The lowest BCUT2D eigenvalue weighted by Gasteiger charge is -2.12. The quantitative estimate of drug-likeness (QED) is 0.791. The number of hydrogen-bond acceptors (Lipinski definition) is 3. The predicted octanol–water partition coefficient (Wildman–Crippen LogP) is 3.02. The highest BCUT2D eigenvalue weighted by Crippen LogP contribution is 2.21. The SMILES string of the molecule is C=CCNC(=O)c1ccc(C)c(S(=O)(=O)Nc2ccc(C)cc2)c1. The molecule has 0 aliphatic heterocycles. The topological polar surface area (TPSA) is 75.3 Å². The lowest BCUT2D eigenvalue weighted by Crippen LogP contribution is -2.24. The van der Waals surface area contributed by atoms with Gasteiger partial charge in [0, 0.05) is 17.8 Å². The average molecular weight is 344 g/mol. The maximum absolute atomic E-state index is 12.6. The maximum atomic E-state index is 12.6. The molecule has 0 atom stereocenters. The van der Waals surface area contributed by atoms with Crippen molar-refractivity contribution in [2.24, 2.45) is 0 Å². The highest BCUT2D eigenvalue weighted by Gasteiger charge is 2.19. The van der Waals surface area contributed by atoms with Crippen LogP contribution in [0.1, 0.15) is 21.5 Å². The third-order valence-electron chi connectivity index (χ3n) is 3.45. The monoisotopic (exact) mass is 344 g/mol. The highest BCUT2D eigenvalue weighted by atomic mass is 32.2. The van der Waals surface area contributed by atoms with E-state index in [0.29, 0.717) is 17.8 Å². The van der Waals surface area contributed by atoms with Crippen LogP contribution in [-0.4, -0.2) is 20.9 Å². The van der Waals surface area contributed by atoms with E-state index in [4.69, 9.17) is 0 Å². The Labute approximate surface area is 142 Å². The summed E-state index contributed by atoms with van der Waals surface area (Å²) < 4.78 is 27.8. The van der Waals surface area contributed by atoms with Crippen LogP contribution < -0.4 is 10.0 Å². The molecule has 6 heteroatoms. The first kappa shape index (κ1) is 17.7. The Hall–Kier alpha value is -2.60. The first-order valence-corrected chi connectivity index (χ1v) is 8.91. The predicted molar refractivity (Wildman–Crippen MR) is 95.7 cm³/mol. The second kappa shape index (κ2) is 7.31. The van der Waals surface area contributed by atoms with Crippen LogP contribution in [0.25, 0.3) is 0 Å². The highest BCUT2D eigenvalue weighted by molar-refractivity contribution is 7.92. The fourth-order valence-corrected chi connectivity index (χ4v) is 3.46. The first-order chi connectivity index (χ1) is 11.3.